The predicted octanol–water partition coefficient (Wildman–Crippen LogP) is 3.60. The molecular formula is C24H26N4O2S. The van der Waals surface area contributed by atoms with Gasteiger partial charge in [0, 0.05) is 37.1 Å². The van der Waals surface area contributed by atoms with Crippen LogP contribution >= 0.6 is 11.3 Å². The zero-order chi connectivity index (χ0) is 21.7. The van der Waals surface area contributed by atoms with Crippen molar-refractivity contribution in [2.24, 2.45) is 5.10 Å². The van der Waals surface area contributed by atoms with Gasteiger partial charge in [-0.15, -0.1) is 5.73 Å². The van der Waals surface area contributed by atoms with E-state index in [0.29, 0.717) is 38.2 Å². The Morgan fingerprint density at radius 3 is 2.90 bits per heavy atom. The maximum Gasteiger partial charge on any atom is 0.243 e. The van der Waals surface area contributed by atoms with Gasteiger partial charge in [0.2, 0.25) is 11.8 Å². The van der Waals surface area contributed by atoms with Gasteiger partial charge in [0.1, 0.15) is 5.84 Å². The highest BCUT2D eigenvalue weighted by molar-refractivity contribution is 7.08. The highest BCUT2D eigenvalue weighted by atomic mass is 32.1. The lowest BCUT2D eigenvalue weighted by Gasteiger charge is -2.10. The van der Waals surface area contributed by atoms with Crippen molar-refractivity contribution in [1.82, 2.24) is 16.1 Å². The van der Waals surface area contributed by atoms with Crippen LogP contribution in [0, 0.1) is 0 Å². The third-order valence-electron chi connectivity index (χ3n) is 4.52. The number of nitrogens with one attached hydrogen (secondary N) is 3. The maximum absolute atomic E-state index is 12.3. The molecule has 31 heavy (non-hydrogen) atoms. The molecule has 0 aromatic carbocycles. The second kappa shape index (κ2) is 12.3. The summed E-state index contributed by atoms with van der Waals surface area (Å²) >= 11 is 1.65. The molecule has 2 heterocycles. The molecule has 0 fully saturated rings. The average molecular weight is 435 g/mol. The van der Waals surface area contributed by atoms with Crippen molar-refractivity contribution >= 4 is 34.6 Å². The van der Waals surface area contributed by atoms with E-state index in [9.17, 15) is 9.59 Å². The Hall–Kier alpha value is -3.41. The molecule has 2 aliphatic rings. The number of rotatable bonds is 7. The number of amides is 2. The minimum Gasteiger partial charge on any atom is -0.372 e. The highest BCUT2D eigenvalue weighted by Crippen LogP contribution is 2.20. The van der Waals surface area contributed by atoms with Crippen LogP contribution < -0.4 is 16.1 Å². The third-order valence-corrected chi connectivity index (χ3v) is 5.20. The number of thiophene rings is 1. The van der Waals surface area contributed by atoms with Gasteiger partial charge in [-0.1, -0.05) is 36.5 Å². The summed E-state index contributed by atoms with van der Waals surface area (Å²) in [4.78, 5) is 23.8. The molecule has 160 valence electrons. The Morgan fingerprint density at radius 1 is 1.19 bits per heavy atom. The number of hydrogen-bond donors (Lipinski definition) is 3. The number of hydrogen-bond acceptors (Lipinski definition) is 5. The Labute approximate surface area is 186 Å². The van der Waals surface area contributed by atoms with Crippen molar-refractivity contribution in [2.45, 2.75) is 25.7 Å². The summed E-state index contributed by atoms with van der Waals surface area (Å²) in [5.74, 6) is 0.537. The van der Waals surface area contributed by atoms with Crippen LogP contribution in [0.5, 0.6) is 0 Å². The standard InChI is InChI=1S/C24H26N4O2S/c29-23-10-4-2-1-3-9-22(27-28-23)25-14-6-15-26-24(30)17-19-7-5-8-20(12-11-19)21-13-16-31-18-21/h1-5,7,11-13,16,18H,6,9-10,14-15,17H2,(H,25,27)(H,26,30)(H,28,29)/b3-1-,4-2-. The van der Waals surface area contributed by atoms with Gasteiger partial charge in [0.25, 0.3) is 0 Å². The molecule has 2 amide bonds. The molecule has 0 saturated carbocycles. The van der Waals surface area contributed by atoms with E-state index in [0.717, 1.165) is 23.1 Å². The van der Waals surface area contributed by atoms with E-state index in [-0.39, 0.29) is 11.8 Å². The molecule has 0 bridgehead atoms. The number of carbonyl (C=O) groups excluding carboxylic acids is 2. The van der Waals surface area contributed by atoms with Crippen molar-refractivity contribution < 1.29 is 9.59 Å². The lowest BCUT2D eigenvalue weighted by atomic mass is 10.1. The van der Waals surface area contributed by atoms with Gasteiger partial charge in [-0.2, -0.15) is 16.4 Å². The van der Waals surface area contributed by atoms with Gasteiger partial charge in [0.15, 0.2) is 0 Å². The van der Waals surface area contributed by atoms with Gasteiger partial charge >= 0.3 is 0 Å². The van der Waals surface area contributed by atoms with E-state index in [4.69, 9.17) is 0 Å². The molecule has 0 saturated heterocycles. The molecule has 1 aromatic rings. The molecule has 1 aromatic heterocycles. The van der Waals surface area contributed by atoms with Crippen LogP contribution in [0.3, 0.4) is 0 Å². The molecule has 0 radical (unpaired) electrons. The fourth-order valence-electron chi connectivity index (χ4n) is 2.89. The second-order valence-corrected chi connectivity index (χ2v) is 7.76. The molecule has 1 aliphatic carbocycles. The summed E-state index contributed by atoms with van der Waals surface area (Å²) < 4.78 is 0. The van der Waals surface area contributed by atoms with E-state index < -0.39 is 0 Å². The first kappa shape index (κ1) is 22.3. The molecule has 3 N–H and O–H groups in total. The number of carbonyl (C=O) groups is 2. The molecular weight excluding hydrogens is 408 g/mol. The molecule has 3 rings (SSSR count). The number of amidine groups is 1. The molecule has 0 spiro atoms. The Balaban J connectivity index is 1.36. The van der Waals surface area contributed by atoms with E-state index >= 15 is 0 Å². The summed E-state index contributed by atoms with van der Waals surface area (Å²) in [5.41, 5.74) is 8.88. The zero-order valence-corrected chi connectivity index (χ0v) is 18.1. The van der Waals surface area contributed by atoms with Gasteiger partial charge in [-0.3, -0.25) is 9.59 Å². The summed E-state index contributed by atoms with van der Waals surface area (Å²) in [6.07, 6.45) is 17.3. The fraction of sp³-hybridized carbons (Fsp3) is 0.250. The van der Waals surface area contributed by atoms with Crippen molar-refractivity contribution in [3.05, 3.63) is 82.3 Å². The van der Waals surface area contributed by atoms with Crippen LogP contribution in [-0.4, -0.2) is 30.7 Å². The van der Waals surface area contributed by atoms with E-state index in [2.05, 4.69) is 38.3 Å². The minimum atomic E-state index is -0.146. The monoisotopic (exact) mass is 434 g/mol. The summed E-state index contributed by atoms with van der Waals surface area (Å²) in [6, 6.07) is 2.06. The zero-order valence-electron chi connectivity index (χ0n) is 17.3. The lowest BCUT2D eigenvalue weighted by molar-refractivity contribution is -0.121. The maximum atomic E-state index is 12.3. The van der Waals surface area contributed by atoms with Crippen LogP contribution in [0.15, 0.2) is 81.8 Å². The van der Waals surface area contributed by atoms with E-state index in [1.165, 1.54) is 0 Å². The van der Waals surface area contributed by atoms with Crippen molar-refractivity contribution in [1.29, 1.82) is 0 Å². The third kappa shape index (κ3) is 8.09. The molecule has 6 nitrogen and oxygen atoms in total. The van der Waals surface area contributed by atoms with Crippen LogP contribution in [0.4, 0.5) is 0 Å². The smallest absolute Gasteiger partial charge is 0.243 e. The van der Waals surface area contributed by atoms with Gasteiger partial charge in [-0.05, 0) is 41.0 Å². The van der Waals surface area contributed by atoms with Crippen molar-refractivity contribution in [3.63, 3.8) is 0 Å². The molecule has 7 heteroatoms. The fourth-order valence-corrected chi connectivity index (χ4v) is 3.55. The highest BCUT2D eigenvalue weighted by Gasteiger charge is 2.06. The predicted molar refractivity (Wildman–Crippen MR) is 126 cm³/mol. The average Bonchev–Trinajstić information content (AvgIpc) is 3.21. The van der Waals surface area contributed by atoms with Crippen LogP contribution in [0.1, 0.15) is 31.2 Å². The Bertz CT molecular complexity index is 991. The largest absolute Gasteiger partial charge is 0.372 e. The first-order valence-electron chi connectivity index (χ1n) is 10.2. The van der Waals surface area contributed by atoms with E-state index in [1.54, 1.807) is 17.4 Å². The van der Waals surface area contributed by atoms with Crippen LogP contribution in [-0.2, 0) is 9.59 Å². The van der Waals surface area contributed by atoms with Gasteiger partial charge in [-0.25, -0.2) is 5.43 Å². The normalized spacial score (nSPS) is 19.7. The second-order valence-electron chi connectivity index (χ2n) is 6.98. The molecule has 0 atom stereocenters. The molecule has 0 unspecified atom stereocenters. The number of hydrazone groups is 1. The molecule has 1 aliphatic heterocycles. The van der Waals surface area contributed by atoms with Gasteiger partial charge < -0.3 is 10.6 Å². The quantitative estimate of drug-likeness (QED) is 0.453. The first-order chi connectivity index (χ1) is 15.2. The summed E-state index contributed by atoms with van der Waals surface area (Å²) in [7, 11) is 0. The topological polar surface area (TPSA) is 82.6 Å². The summed E-state index contributed by atoms with van der Waals surface area (Å²) in [5, 5.41) is 14.4. The lowest BCUT2D eigenvalue weighted by Crippen LogP contribution is -2.31. The number of allylic oxidation sites excluding steroid dienone is 6. The summed E-state index contributed by atoms with van der Waals surface area (Å²) in [6.45, 7) is 1.22. The minimum absolute atomic E-state index is 0.0127. The van der Waals surface area contributed by atoms with Crippen LogP contribution in [0.25, 0.3) is 5.57 Å². The Morgan fingerprint density at radius 2 is 2.06 bits per heavy atom. The first-order valence-corrected chi connectivity index (χ1v) is 11.2. The van der Waals surface area contributed by atoms with Crippen molar-refractivity contribution in [3.8, 4) is 0 Å². The van der Waals surface area contributed by atoms with E-state index in [1.807, 2.05) is 47.9 Å². The van der Waals surface area contributed by atoms with Gasteiger partial charge in [0.05, 0.1) is 6.42 Å². The number of nitrogens with zero attached hydrogens (tertiary/aromatic N) is 1. The van der Waals surface area contributed by atoms with Crippen LogP contribution in [0.2, 0.25) is 0 Å². The SMILES string of the molecule is O=C(CC1=CC=C=C(c2ccsc2)C=C1)NCCCN/C1=N/NC(=O)C/C=C\C=C/C1. The van der Waals surface area contributed by atoms with Crippen molar-refractivity contribution in [2.75, 3.05) is 13.1 Å². The Kier molecular flexibility index (Phi) is 8.86.